The monoisotopic (exact) mass is 393 g/mol. The van der Waals surface area contributed by atoms with Crippen LogP contribution in [0.25, 0.3) is 11.3 Å². The van der Waals surface area contributed by atoms with Crippen molar-refractivity contribution < 1.29 is 14.8 Å². The Kier molecular flexibility index (Phi) is 5.80. The molecular weight excluding hydrogens is 374 g/mol. The summed E-state index contributed by atoms with van der Waals surface area (Å²) in [6, 6.07) is 6.76. The standard InChI is InChI=1S/C19H19N7O3/c1-26(2)19(28)17(25-29)23-14-7-12(5-6-13(14)8-20)15-9-22-16(10-21-15)24-18(27)11-3-4-11/h5-7,9-11,29H,3-4H2,1-2H3,(H,23,25)(H,22,24,27). The van der Waals surface area contributed by atoms with E-state index in [1.807, 2.05) is 6.07 Å². The van der Waals surface area contributed by atoms with Crippen LogP contribution in [0, 0.1) is 17.2 Å². The number of nitrogens with one attached hydrogen (secondary N) is 2. The Morgan fingerprint density at radius 1 is 1.28 bits per heavy atom. The van der Waals surface area contributed by atoms with Crippen molar-refractivity contribution in [1.29, 1.82) is 5.26 Å². The molecule has 0 unspecified atom stereocenters. The number of likely N-dealkylation sites (N-methyl/N-ethyl adjacent to an activating group) is 1. The summed E-state index contributed by atoms with van der Waals surface area (Å²) in [5.41, 5.74) is 3.26. The number of nitriles is 1. The lowest BCUT2D eigenvalue weighted by Gasteiger charge is -2.12. The van der Waals surface area contributed by atoms with Gasteiger partial charge >= 0.3 is 0 Å². The van der Waals surface area contributed by atoms with Crippen molar-refractivity contribution >= 4 is 29.2 Å². The number of carbonyl (C=O) groups excluding carboxylic acids is 2. The average molecular weight is 393 g/mol. The first-order valence-electron chi connectivity index (χ1n) is 8.80. The van der Waals surface area contributed by atoms with Crippen LogP contribution in [0.1, 0.15) is 18.4 Å². The Morgan fingerprint density at radius 3 is 2.59 bits per heavy atom. The van der Waals surface area contributed by atoms with Crippen molar-refractivity contribution in [2.24, 2.45) is 10.9 Å². The second-order valence-corrected chi connectivity index (χ2v) is 6.67. The van der Waals surface area contributed by atoms with Crippen molar-refractivity contribution in [3.8, 4) is 17.3 Å². The number of amides is 2. The minimum Gasteiger partial charge on any atom is -0.342 e. The molecule has 0 saturated heterocycles. The third kappa shape index (κ3) is 4.72. The van der Waals surface area contributed by atoms with Gasteiger partial charge in [0.15, 0.2) is 5.82 Å². The minimum absolute atomic E-state index is 0.0587. The molecule has 0 atom stereocenters. The van der Waals surface area contributed by atoms with E-state index in [9.17, 15) is 20.1 Å². The zero-order valence-electron chi connectivity index (χ0n) is 15.9. The fraction of sp³-hybridized carbons (Fsp3) is 0.263. The number of carbonyl (C=O) groups is 2. The van der Waals surface area contributed by atoms with Gasteiger partial charge in [0.25, 0.3) is 5.91 Å². The van der Waals surface area contributed by atoms with Crippen LogP contribution in [0.3, 0.4) is 0 Å². The van der Waals surface area contributed by atoms with E-state index in [1.165, 1.54) is 37.5 Å². The largest absolute Gasteiger partial charge is 0.342 e. The second-order valence-electron chi connectivity index (χ2n) is 6.67. The van der Waals surface area contributed by atoms with Gasteiger partial charge in [-0.1, -0.05) is 6.07 Å². The third-order valence-corrected chi connectivity index (χ3v) is 4.21. The summed E-state index contributed by atoms with van der Waals surface area (Å²) in [7, 11) is 3.02. The van der Waals surface area contributed by atoms with Crippen molar-refractivity contribution in [2.45, 2.75) is 12.8 Å². The summed E-state index contributed by atoms with van der Waals surface area (Å²) in [6.07, 6.45) is 4.74. The first-order valence-corrected chi connectivity index (χ1v) is 8.80. The van der Waals surface area contributed by atoms with Crippen LogP contribution in [0.4, 0.5) is 11.5 Å². The number of hydrogen-bond donors (Lipinski definition) is 3. The summed E-state index contributed by atoms with van der Waals surface area (Å²) >= 11 is 0. The molecule has 3 rings (SSSR count). The lowest BCUT2D eigenvalue weighted by Crippen LogP contribution is -2.37. The maximum absolute atomic E-state index is 12.0. The van der Waals surface area contributed by atoms with Gasteiger partial charge in [0.2, 0.25) is 11.7 Å². The van der Waals surface area contributed by atoms with Gasteiger partial charge in [0.05, 0.1) is 29.3 Å². The van der Waals surface area contributed by atoms with Gasteiger partial charge < -0.3 is 10.2 Å². The van der Waals surface area contributed by atoms with E-state index in [-0.39, 0.29) is 28.9 Å². The lowest BCUT2D eigenvalue weighted by atomic mass is 10.1. The van der Waals surface area contributed by atoms with Gasteiger partial charge in [0.1, 0.15) is 6.07 Å². The number of aromatic nitrogens is 2. The van der Waals surface area contributed by atoms with Crippen molar-refractivity contribution in [3.63, 3.8) is 0 Å². The molecule has 0 spiro atoms. The topological polar surface area (TPSA) is 144 Å². The molecule has 10 nitrogen and oxygen atoms in total. The van der Waals surface area contributed by atoms with Crippen molar-refractivity contribution in [1.82, 2.24) is 20.3 Å². The Morgan fingerprint density at radius 2 is 2.03 bits per heavy atom. The SMILES string of the molecule is CN(C)C(=O)C(=Nc1cc(-c2cnc(NC(=O)C3CC3)cn2)ccc1C#N)NO. The second kappa shape index (κ2) is 8.45. The quantitative estimate of drug-likeness (QED) is 0.405. The van der Waals surface area contributed by atoms with Gasteiger partial charge in [-0.25, -0.2) is 15.5 Å². The van der Waals surface area contributed by atoms with Crippen LogP contribution >= 0.6 is 0 Å². The molecule has 1 saturated carbocycles. The summed E-state index contributed by atoms with van der Waals surface area (Å²) in [4.78, 5) is 37.6. The molecule has 0 aliphatic heterocycles. The normalized spacial score (nSPS) is 13.4. The maximum atomic E-state index is 12.0. The van der Waals surface area contributed by atoms with E-state index in [4.69, 9.17) is 0 Å². The highest BCUT2D eigenvalue weighted by molar-refractivity contribution is 6.37. The first-order chi connectivity index (χ1) is 13.9. The molecule has 0 radical (unpaired) electrons. The summed E-state index contributed by atoms with van der Waals surface area (Å²) in [5, 5.41) is 21.3. The highest BCUT2D eigenvalue weighted by Gasteiger charge is 2.29. The lowest BCUT2D eigenvalue weighted by molar-refractivity contribution is -0.122. The maximum Gasteiger partial charge on any atom is 0.290 e. The van der Waals surface area contributed by atoms with E-state index in [1.54, 1.807) is 17.6 Å². The van der Waals surface area contributed by atoms with Gasteiger partial charge in [-0.05, 0) is 25.0 Å². The van der Waals surface area contributed by atoms with Crippen LogP contribution in [0.2, 0.25) is 0 Å². The summed E-state index contributed by atoms with van der Waals surface area (Å²) < 4.78 is 0. The van der Waals surface area contributed by atoms with Crippen molar-refractivity contribution in [2.75, 3.05) is 19.4 Å². The smallest absolute Gasteiger partial charge is 0.290 e. The van der Waals surface area contributed by atoms with E-state index in [0.29, 0.717) is 17.1 Å². The molecule has 1 fully saturated rings. The zero-order chi connectivity index (χ0) is 21.0. The van der Waals surface area contributed by atoms with Gasteiger partial charge in [-0.15, -0.1) is 0 Å². The molecule has 10 heteroatoms. The highest BCUT2D eigenvalue weighted by atomic mass is 16.5. The van der Waals surface area contributed by atoms with Gasteiger partial charge in [-0.2, -0.15) is 5.26 Å². The van der Waals surface area contributed by atoms with Crippen LogP contribution < -0.4 is 10.8 Å². The molecule has 3 N–H and O–H groups in total. The number of amidine groups is 1. The third-order valence-electron chi connectivity index (χ3n) is 4.21. The molecule has 1 aliphatic rings. The van der Waals surface area contributed by atoms with Gasteiger partial charge in [-0.3, -0.25) is 19.8 Å². The van der Waals surface area contributed by atoms with Crippen LogP contribution in [-0.2, 0) is 9.59 Å². The first kappa shape index (κ1) is 19.9. The fourth-order valence-corrected chi connectivity index (χ4v) is 2.45. The Balaban J connectivity index is 1.89. The Hall–Kier alpha value is -3.84. The minimum atomic E-state index is -0.558. The number of rotatable bonds is 4. The molecule has 1 aliphatic carbocycles. The molecule has 0 bridgehead atoms. The van der Waals surface area contributed by atoms with Gasteiger partial charge in [0, 0.05) is 25.6 Å². The van der Waals surface area contributed by atoms with E-state index >= 15 is 0 Å². The Labute approximate surface area is 166 Å². The molecule has 1 heterocycles. The number of anilines is 1. The molecular formula is C19H19N7O3. The number of aliphatic imine (C=N–C) groups is 1. The van der Waals surface area contributed by atoms with E-state index < -0.39 is 5.91 Å². The summed E-state index contributed by atoms with van der Waals surface area (Å²) in [6.45, 7) is 0. The fourth-order valence-electron chi connectivity index (χ4n) is 2.45. The molecule has 1 aromatic heterocycles. The van der Waals surface area contributed by atoms with Crippen LogP contribution in [-0.4, -0.2) is 51.8 Å². The summed E-state index contributed by atoms with van der Waals surface area (Å²) in [5.74, 6) is -0.516. The zero-order valence-corrected chi connectivity index (χ0v) is 15.9. The number of hydroxylamine groups is 1. The predicted octanol–water partition coefficient (Wildman–Crippen LogP) is 1.46. The number of nitrogens with zero attached hydrogens (tertiary/aromatic N) is 5. The predicted molar refractivity (Wildman–Crippen MR) is 104 cm³/mol. The molecule has 2 aromatic rings. The average Bonchev–Trinajstić information content (AvgIpc) is 3.57. The van der Waals surface area contributed by atoms with E-state index in [0.717, 1.165) is 12.8 Å². The van der Waals surface area contributed by atoms with Crippen LogP contribution in [0.5, 0.6) is 0 Å². The van der Waals surface area contributed by atoms with Crippen LogP contribution in [0.15, 0.2) is 35.6 Å². The number of hydrogen-bond acceptors (Lipinski definition) is 7. The van der Waals surface area contributed by atoms with E-state index in [2.05, 4.69) is 20.3 Å². The van der Waals surface area contributed by atoms with Crippen molar-refractivity contribution in [3.05, 3.63) is 36.2 Å². The molecule has 29 heavy (non-hydrogen) atoms. The number of benzene rings is 1. The Bertz CT molecular complexity index is 1010. The molecule has 1 aromatic carbocycles. The molecule has 2 amide bonds. The molecule has 148 valence electrons. The highest BCUT2D eigenvalue weighted by Crippen LogP contribution is 2.30.